The molecule has 0 spiro atoms. The first kappa shape index (κ1) is 10.3. The maximum absolute atomic E-state index is 10.6. The van der Waals surface area contributed by atoms with Crippen molar-refractivity contribution in [1.82, 2.24) is 0 Å². The minimum Gasteiger partial charge on any atom is -0.505 e. The molecule has 0 amide bonds. The molecule has 1 aliphatic rings. The van der Waals surface area contributed by atoms with Crippen molar-refractivity contribution in [2.24, 2.45) is 0 Å². The molecular weight excluding hydrogens is 196 g/mol. The molecule has 7 nitrogen and oxygen atoms in total. The summed E-state index contributed by atoms with van der Waals surface area (Å²) < 4.78 is 4.32. The van der Waals surface area contributed by atoms with Gasteiger partial charge in [-0.1, -0.05) is 0 Å². The quantitative estimate of drug-likeness (QED) is 0.438. The number of rotatable bonds is 3. The summed E-state index contributed by atoms with van der Waals surface area (Å²) in [5.41, 5.74) is 0. The first-order valence-electron chi connectivity index (χ1n) is 3.66. The van der Waals surface area contributed by atoms with Gasteiger partial charge in [-0.3, -0.25) is 4.79 Å². The van der Waals surface area contributed by atoms with Crippen LogP contribution in [0.4, 0.5) is 0 Å². The van der Waals surface area contributed by atoms with Crippen molar-refractivity contribution < 1.29 is 34.8 Å². The maximum Gasteiger partial charge on any atom is 0.377 e. The van der Waals surface area contributed by atoms with Crippen molar-refractivity contribution >= 4 is 11.9 Å². The van der Waals surface area contributed by atoms with Crippen LogP contribution in [0, 0.1) is 0 Å². The van der Waals surface area contributed by atoms with Gasteiger partial charge >= 0.3 is 11.9 Å². The van der Waals surface area contributed by atoms with Gasteiger partial charge < -0.3 is 25.2 Å². The normalized spacial score (nSPS) is 23.5. The molecule has 0 aromatic heterocycles. The summed E-state index contributed by atoms with van der Waals surface area (Å²) in [5, 5.41) is 35.3. The van der Waals surface area contributed by atoms with E-state index in [0.29, 0.717) is 0 Å². The average Bonchev–Trinajstić information content (AvgIpc) is 2.32. The highest BCUT2D eigenvalue weighted by Crippen LogP contribution is 2.22. The highest BCUT2D eigenvalue weighted by molar-refractivity contribution is 5.89. The number of aliphatic hydroxyl groups is 3. The summed E-state index contributed by atoms with van der Waals surface area (Å²) in [7, 11) is 0. The molecule has 2 atom stereocenters. The van der Waals surface area contributed by atoms with E-state index in [1.807, 2.05) is 0 Å². The monoisotopic (exact) mass is 204 g/mol. The molecule has 4 N–H and O–H groups in total. The number of carbonyl (C=O) groups excluding carboxylic acids is 1. The molecule has 0 saturated carbocycles. The number of aliphatic hydroxyl groups excluding tert-OH is 3. The van der Waals surface area contributed by atoms with E-state index in [1.165, 1.54) is 0 Å². The van der Waals surface area contributed by atoms with E-state index in [2.05, 4.69) is 4.74 Å². The molecular formula is C7H8O7. The minimum absolute atomic E-state index is 0.699. The molecule has 7 heteroatoms. The van der Waals surface area contributed by atoms with E-state index in [0.717, 1.165) is 0 Å². The largest absolute Gasteiger partial charge is 0.505 e. The molecule has 0 radical (unpaired) electrons. The average molecular weight is 204 g/mol. The Balaban J connectivity index is 2.73. The lowest BCUT2D eigenvalue weighted by Gasteiger charge is -2.14. The molecule has 78 valence electrons. The Kier molecular flexibility index (Phi) is 2.61. The van der Waals surface area contributed by atoms with Crippen LogP contribution >= 0.6 is 0 Å². The summed E-state index contributed by atoms with van der Waals surface area (Å²) >= 11 is 0. The van der Waals surface area contributed by atoms with E-state index >= 15 is 0 Å². The molecule has 14 heavy (non-hydrogen) atoms. The van der Waals surface area contributed by atoms with E-state index in [1.54, 1.807) is 0 Å². The molecule has 0 bridgehead atoms. The molecule has 1 heterocycles. The standard InChI is InChI=1S/C7H8O7/c8-2(1-3(9)10)6-4(11)5(12)7(13)14-6/h2,6,8,11-12H,1H2,(H,9,10). The van der Waals surface area contributed by atoms with Gasteiger partial charge in [0.1, 0.15) is 6.10 Å². The number of aliphatic carboxylic acids is 1. The fraction of sp³-hybridized carbons (Fsp3) is 0.429. The zero-order chi connectivity index (χ0) is 10.9. The predicted octanol–water partition coefficient (Wildman–Crippen LogP) is -0.925. The third-order valence-corrected chi connectivity index (χ3v) is 1.67. The zero-order valence-electron chi connectivity index (χ0n) is 6.88. The minimum atomic E-state index is -1.58. The second-order valence-corrected chi connectivity index (χ2v) is 2.72. The van der Waals surface area contributed by atoms with E-state index < -0.39 is 42.1 Å². The van der Waals surface area contributed by atoms with Crippen molar-refractivity contribution in [1.29, 1.82) is 0 Å². The number of ether oxygens (including phenoxy) is 1. The summed E-state index contributed by atoms with van der Waals surface area (Å²) in [6.45, 7) is 0. The van der Waals surface area contributed by atoms with Gasteiger partial charge in [-0.2, -0.15) is 0 Å². The van der Waals surface area contributed by atoms with Crippen molar-refractivity contribution in [2.75, 3.05) is 0 Å². The van der Waals surface area contributed by atoms with Gasteiger partial charge in [-0.15, -0.1) is 0 Å². The Morgan fingerprint density at radius 1 is 1.50 bits per heavy atom. The van der Waals surface area contributed by atoms with Gasteiger partial charge in [0.25, 0.3) is 0 Å². The Morgan fingerprint density at radius 3 is 2.43 bits per heavy atom. The lowest BCUT2D eigenvalue weighted by Crippen LogP contribution is -2.30. The first-order valence-corrected chi connectivity index (χ1v) is 3.66. The molecule has 0 aromatic rings. The van der Waals surface area contributed by atoms with Crippen LogP contribution < -0.4 is 0 Å². The molecule has 0 saturated heterocycles. The maximum atomic E-state index is 10.6. The Morgan fingerprint density at radius 2 is 2.07 bits per heavy atom. The highest BCUT2D eigenvalue weighted by Gasteiger charge is 2.39. The molecule has 0 aromatic carbocycles. The summed E-state index contributed by atoms with van der Waals surface area (Å²) in [4.78, 5) is 20.8. The fourth-order valence-electron chi connectivity index (χ4n) is 1.01. The summed E-state index contributed by atoms with van der Waals surface area (Å²) in [6.07, 6.45) is -3.78. The lowest BCUT2D eigenvalue weighted by molar-refractivity contribution is -0.151. The van der Waals surface area contributed by atoms with Gasteiger partial charge in [0.05, 0.1) is 6.42 Å². The Labute approximate surface area is 77.8 Å². The van der Waals surface area contributed by atoms with Crippen LogP contribution in [0.2, 0.25) is 0 Å². The highest BCUT2D eigenvalue weighted by atomic mass is 16.6. The van der Waals surface area contributed by atoms with Crippen LogP contribution in [-0.4, -0.2) is 44.6 Å². The smallest absolute Gasteiger partial charge is 0.377 e. The second-order valence-electron chi connectivity index (χ2n) is 2.72. The fourth-order valence-corrected chi connectivity index (χ4v) is 1.01. The van der Waals surface area contributed by atoms with Crippen LogP contribution in [0.3, 0.4) is 0 Å². The molecule has 1 aliphatic heterocycles. The Bertz CT molecular complexity index is 305. The summed E-state index contributed by atoms with van der Waals surface area (Å²) in [6, 6.07) is 0. The van der Waals surface area contributed by atoms with E-state index in [9.17, 15) is 9.59 Å². The number of hydrogen-bond acceptors (Lipinski definition) is 6. The van der Waals surface area contributed by atoms with Crippen LogP contribution in [0.1, 0.15) is 6.42 Å². The van der Waals surface area contributed by atoms with Gasteiger partial charge in [-0.05, 0) is 0 Å². The predicted molar refractivity (Wildman–Crippen MR) is 40.4 cm³/mol. The number of esters is 1. The van der Waals surface area contributed by atoms with Crippen LogP contribution in [-0.2, 0) is 14.3 Å². The van der Waals surface area contributed by atoms with Crippen LogP contribution in [0.5, 0.6) is 0 Å². The molecule has 0 fully saturated rings. The number of carbonyl (C=O) groups is 2. The third-order valence-electron chi connectivity index (χ3n) is 1.67. The molecule has 1 rings (SSSR count). The SMILES string of the molecule is O=C(O)CC(O)C1OC(=O)C(O)=C1O. The van der Waals surface area contributed by atoms with Gasteiger partial charge in [0, 0.05) is 0 Å². The number of hydrogen-bond donors (Lipinski definition) is 4. The van der Waals surface area contributed by atoms with Crippen molar-refractivity contribution in [2.45, 2.75) is 18.6 Å². The van der Waals surface area contributed by atoms with E-state index in [-0.39, 0.29) is 0 Å². The third kappa shape index (κ3) is 1.77. The van der Waals surface area contributed by atoms with Gasteiger partial charge in [0.15, 0.2) is 11.9 Å². The summed E-state index contributed by atoms with van der Waals surface area (Å²) in [5.74, 6) is -4.34. The number of carboxylic acid groups (broad SMARTS) is 1. The van der Waals surface area contributed by atoms with Gasteiger partial charge in [-0.25, -0.2) is 4.79 Å². The van der Waals surface area contributed by atoms with Crippen LogP contribution in [0.15, 0.2) is 11.5 Å². The number of cyclic esters (lactones) is 1. The van der Waals surface area contributed by atoms with Crippen molar-refractivity contribution in [3.63, 3.8) is 0 Å². The lowest BCUT2D eigenvalue weighted by atomic mass is 10.1. The van der Waals surface area contributed by atoms with Gasteiger partial charge in [0.2, 0.25) is 5.76 Å². The molecule has 0 aliphatic carbocycles. The Hall–Kier alpha value is -1.76. The first-order chi connectivity index (χ1) is 6.43. The second kappa shape index (κ2) is 3.54. The molecule has 2 unspecified atom stereocenters. The van der Waals surface area contributed by atoms with Crippen LogP contribution in [0.25, 0.3) is 0 Å². The number of carboxylic acids is 1. The van der Waals surface area contributed by atoms with Crippen molar-refractivity contribution in [3.8, 4) is 0 Å². The topological polar surface area (TPSA) is 124 Å². The van der Waals surface area contributed by atoms with E-state index in [4.69, 9.17) is 20.4 Å². The zero-order valence-corrected chi connectivity index (χ0v) is 6.88. The van der Waals surface area contributed by atoms with Crippen molar-refractivity contribution in [3.05, 3.63) is 11.5 Å².